The number of nitrogens with one attached hydrogen (secondary N) is 1. The second-order valence-electron chi connectivity index (χ2n) is 6.09. The standard InChI is InChI=1S/C11H21N4O3P/c1-10(2,3)7-8(16)14-19(18)11(12)5-4-6-15(13)9(11)17/h4-7,12-13H2,1-3H3/p+1. The molecule has 0 radical (unpaired) electrons. The van der Waals surface area contributed by atoms with Crippen LogP contribution in [0.25, 0.3) is 0 Å². The van der Waals surface area contributed by atoms with Crippen molar-refractivity contribution in [2.24, 2.45) is 17.0 Å². The quantitative estimate of drug-likeness (QED) is 0.395. The van der Waals surface area contributed by atoms with E-state index in [1.54, 1.807) is 0 Å². The molecule has 0 aromatic heterocycles. The third-order valence-corrected chi connectivity index (χ3v) is 4.46. The summed E-state index contributed by atoms with van der Waals surface area (Å²) in [7, 11) is -2.38. The lowest BCUT2D eigenvalue weighted by Gasteiger charge is -2.29. The molecule has 1 aliphatic rings. The highest BCUT2D eigenvalue weighted by atomic mass is 31.1. The molecule has 0 aliphatic carbocycles. The summed E-state index contributed by atoms with van der Waals surface area (Å²) in [5, 5.41) is 1.72. The smallest absolute Gasteiger partial charge is 0.275 e. The molecule has 8 heteroatoms. The fraction of sp³-hybridized carbons (Fsp3) is 0.818. The molecule has 7 nitrogen and oxygen atoms in total. The molecule has 0 bridgehead atoms. The second-order valence-corrected chi connectivity index (χ2v) is 7.70. The van der Waals surface area contributed by atoms with E-state index in [4.69, 9.17) is 11.6 Å². The van der Waals surface area contributed by atoms with E-state index in [1.165, 1.54) is 0 Å². The minimum absolute atomic E-state index is 0.213. The Hall–Kier alpha value is -1.04. The van der Waals surface area contributed by atoms with Crippen LogP contribution in [-0.4, -0.2) is 28.6 Å². The van der Waals surface area contributed by atoms with Crippen LogP contribution >= 0.6 is 7.95 Å². The van der Waals surface area contributed by atoms with Gasteiger partial charge in [0.05, 0.1) is 0 Å². The lowest BCUT2D eigenvalue weighted by molar-refractivity contribution is -0.136. The molecule has 0 aromatic carbocycles. The molecule has 2 amide bonds. The van der Waals surface area contributed by atoms with Crippen molar-refractivity contribution in [2.45, 2.75) is 45.3 Å². The summed E-state index contributed by atoms with van der Waals surface area (Å²) in [6, 6.07) is 0. The Morgan fingerprint density at radius 3 is 2.63 bits per heavy atom. The summed E-state index contributed by atoms with van der Waals surface area (Å²) >= 11 is 0. The average molecular weight is 289 g/mol. The fourth-order valence-corrected chi connectivity index (χ4v) is 3.07. The van der Waals surface area contributed by atoms with Crippen molar-refractivity contribution in [2.75, 3.05) is 6.54 Å². The summed E-state index contributed by atoms with van der Waals surface area (Å²) in [6.07, 6.45) is 1.03. The third kappa shape index (κ3) is 3.96. The van der Waals surface area contributed by atoms with Crippen LogP contribution in [0.2, 0.25) is 0 Å². The van der Waals surface area contributed by atoms with E-state index in [0.29, 0.717) is 13.0 Å². The Morgan fingerprint density at radius 2 is 2.11 bits per heavy atom. The molecule has 2 atom stereocenters. The van der Waals surface area contributed by atoms with E-state index in [1.807, 2.05) is 20.8 Å². The Morgan fingerprint density at radius 1 is 1.53 bits per heavy atom. The van der Waals surface area contributed by atoms with Gasteiger partial charge in [-0.15, -0.1) is 5.09 Å². The van der Waals surface area contributed by atoms with Crippen LogP contribution in [-0.2, 0) is 14.2 Å². The van der Waals surface area contributed by atoms with Crippen molar-refractivity contribution >= 4 is 19.8 Å². The van der Waals surface area contributed by atoms with Crippen molar-refractivity contribution in [3.8, 4) is 0 Å². The van der Waals surface area contributed by atoms with Gasteiger partial charge < -0.3 is 0 Å². The molecule has 0 aromatic rings. The maximum atomic E-state index is 12.2. The molecule has 1 fully saturated rings. The number of hydrogen-bond acceptors (Lipinski definition) is 5. The Kier molecular flexibility index (Phi) is 4.66. The number of nitrogens with two attached hydrogens (primary N) is 2. The van der Waals surface area contributed by atoms with E-state index in [9.17, 15) is 14.2 Å². The van der Waals surface area contributed by atoms with Crippen molar-refractivity contribution in [3.05, 3.63) is 0 Å². The summed E-state index contributed by atoms with van der Waals surface area (Å²) in [5.41, 5.74) is 5.66. The molecule has 19 heavy (non-hydrogen) atoms. The molecular weight excluding hydrogens is 267 g/mol. The second kappa shape index (κ2) is 5.53. The first-order valence-corrected chi connectivity index (χ1v) is 7.44. The highest BCUT2D eigenvalue weighted by molar-refractivity contribution is 7.46. The molecule has 1 saturated heterocycles. The van der Waals surface area contributed by atoms with Crippen LogP contribution in [0.1, 0.15) is 40.0 Å². The van der Waals surface area contributed by atoms with Crippen LogP contribution < -0.4 is 16.7 Å². The summed E-state index contributed by atoms with van der Waals surface area (Å²) in [4.78, 5) is 23.6. The van der Waals surface area contributed by atoms with Crippen molar-refractivity contribution in [1.82, 2.24) is 10.1 Å². The molecular formula is C11H22N4O3P+. The summed E-state index contributed by atoms with van der Waals surface area (Å²) in [5.74, 6) is 4.53. The Balaban J connectivity index is 2.72. The topological polar surface area (TPSA) is 119 Å². The number of hydrazine groups is 1. The van der Waals surface area contributed by atoms with Gasteiger partial charge in [-0.25, -0.2) is 5.84 Å². The molecule has 1 rings (SSSR count). The van der Waals surface area contributed by atoms with Gasteiger partial charge in [-0.05, 0) is 16.4 Å². The fourth-order valence-electron chi connectivity index (χ4n) is 1.90. The third-order valence-electron chi connectivity index (χ3n) is 2.87. The van der Waals surface area contributed by atoms with E-state index < -0.39 is 19.1 Å². The van der Waals surface area contributed by atoms with Crippen LogP contribution in [0.15, 0.2) is 0 Å². The Labute approximate surface area is 113 Å². The van der Waals surface area contributed by atoms with E-state index in [-0.39, 0.29) is 24.2 Å². The first-order chi connectivity index (χ1) is 8.56. The van der Waals surface area contributed by atoms with E-state index in [0.717, 1.165) is 5.01 Å². The van der Waals surface area contributed by atoms with E-state index in [2.05, 4.69) is 5.09 Å². The van der Waals surface area contributed by atoms with Gasteiger partial charge >= 0.3 is 19.1 Å². The highest BCUT2D eigenvalue weighted by Crippen LogP contribution is 2.38. The normalized spacial score (nSPS) is 25.2. The zero-order valence-electron chi connectivity index (χ0n) is 11.6. The lowest BCUT2D eigenvalue weighted by atomic mass is 9.92. The van der Waals surface area contributed by atoms with Gasteiger partial charge in [0.2, 0.25) is 0 Å². The van der Waals surface area contributed by atoms with Gasteiger partial charge in [-0.3, -0.25) is 20.3 Å². The summed E-state index contributed by atoms with van der Waals surface area (Å²) < 4.78 is 12.2. The van der Waals surface area contributed by atoms with Gasteiger partial charge in [0.25, 0.3) is 5.91 Å². The predicted molar refractivity (Wildman–Crippen MR) is 71.9 cm³/mol. The number of carbonyl (C=O) groups excluding carboxylic acids is 2. The number of hydrogen-bond donors (Lipinski definition) is 3. The zero-order chi connectivity index (χ0) is 14.8. The predicted octanol–water partition coefficient (Wildman–Crippen LogP) is 0.432. The van der Waals surface area contributed by atoms with Gasteiger partial charge in [-0.1, -0.05) is 20.8 Å². The number of piperidine rings is 1. The monoisotopic (exact) mass is 289 g/mol. The van der Waals surface area contributed by atoms with Gasteiger partial charge in [0.15, 0.2) is 0 Å². The van der Waals surface area contributed by atoms with Crippen LogP contribution in [0.4, 0.5) is 0 Å². The number of carbonyl (C=O) groups is 2. The van der Waals surface area contributed by atoms with Crippen LogP contribution in [0.5, 0.6) is 0 Å². The molecule has 1 aliphatic heterocycles. The maximum absolute atomic E-state index is 12.2. The first kappa shape index (κ1) is 16.0. The molecule has 2 unspecified atom stereocenters. The average Bonchev–Trinajstić information content (AvgIpc) is 2.22. The molecule has 0 spiro atoms. The van der Waals surface area contributed by atoms with Gasteiger partial charge in [0, 0.05) is 19.4 Å². The minimum atomic E-state index is -2.38. The highest BCUT2D eigenvalue weighted by Gasteiger charge is 2.57. The largest absolute Gasteiger partial charge is 0.494 e. The SMILES string of the molecule is CC(C)(C)CC(=O)N[P+](=O)C1(N)CCCN(N)C1=O. The summed E-state index contributed by atoms with van der Waals surface area (Å²) in [6.45, 7) is 6.07. The lowest BCUT2D eigenvalue weighted by Crippen LogP contribution is -2.60. The van der Waals surface area contributed by atoms with Crippen molar-refractivity contribution in [1.29, 1.82) is 0 Å². The zero-order valence-corrected chi connectivity index (χ0v) is 12.5. The number of rotatable bonds is 3. The maximum Gasteiger partial charge on any atom is 0.494 e. The molecule has 0 saturated carbocycles. The van der Waals surface area contributed by atoms with Gasteiger partial charge in [-0.2, -0.15) is 0 Å². The number of amides is 2. The first-order valence-electron chi connectivity index (χ1n) is 6.19. The molecule has 1 heterocycles. The number of nitrogens with zero attached hydrogens (tertiary/aromatic N) is 1. The Bertz CT molecular complexity index is 407. The van der Waals surface area contributed by atoms with Crippen molar-refractivity contribution < 1.29 is 14.2 Å². The minimum Gasteiger partial charge on any atom is -0.275 e. The van der Waals surface area contributed by atoms with Gasteiger partial charge in [0.1, 0.15) is 0 Å². The van der Waals surface area contributed by atoms with Crippen LogP contribution in [0.3, 0.4) is 0 Å². The van der Waals surface area contributed by atoms with E-state index >= 15 is 0 Å². The van der Waals surface area contributed by atoms with Crippen molar-refractivity contribution in [3.63, 3.8) is 0 Å². The molecule has 108 valence electrons. The van der Waals surface area contributed by atoms with Crippen LogP contribution in [0, 0.1) is 5.41 Å². The molecule has 5 N–H and O–H groups in total.